The SMILES string of the molecule is CC(C)(C)OC(=O)N[C@@]1(OC(=O)O)CCc2cccc(O)c2C1. The molecule has 0 heterocycles. The topological polar surface area (TPSA) is 105 Å². The van der Waals surface area contributed by atoms with Crippen molar-refractivity contribution in [2.45, 2.75) is 51.4 Å². The highest BCUT2D eigenvalue weighted by Gasteiger charge is 2.41. The molecule has 0 unspecified atom stereocenters. The maximum Gasteiger partial charge on any atom is 0.507 e. The predicted molar refractivity (Wildman–Crippen MR) is 81.3 cm³/mol. The Balaban J connectivity index is 2.26. The Morgan fingerprint density at radius 2 is 2.00 bits per heavy atom. The summed E-state index contributed by atoms with van der Waals surface area (Å²) < 4.78 is 10.1. The molecular weight excluding hydrogens is 302 g/mol. The number of benzene rings is 1. The molecule has 7 nitrogen and oxygen atoms in total. The number of carboxylic acid groups (broad SMARTS) is 1. The van der Waals surface area contributed by atoms with Gasteiger partial charge in [0.25, 0.3) is 0 Å². The van der Waals surface area contributed by atoms with E-state index < -0.39 is 23.6 Å². The first-order valence-corrected chi connectivity index (χ1v) is 7.33. The van der Waals surface area contributed by atoms with E-state index in [-0.39, 0.29) is 18.6 Å². The van der Waals surface area contributed by atoms with Gasteiger partial charge in [0, 0.05) is 18.4 Å². The number of alkyl carbamates (subject to hydrolysis) is 1. The lowest BCUT2D eigenvalue weighted by molar-refractivity contribution is -0.0543. The number of fused-ring (bicyclic) bond motifs is 1. The molecule has 23 heavy (non-hydrogen) atoms. The molecule has 1 atom stereocenters. The van der Waals surface area contributed by atoms with Crippen LogP contribution in [0.2, 0.25) is 0 Å². The van der Waals surface area contributed by atoms with Crippen LogP contribution in [0.15, 0.2) is 18.2 Å². The number of phenols is 1. The number of carbonyl (C=O) groups excluding carboxylic acids is 1. The van der Waals surface area contributed by atoms with E-state index in [2.05, 4.69) is 5.32 Å². The Bertz CT molecular complexity index is 621. The van der Waals surface area contributed by atoms with Crippen LogP contribution in [0.5, 0.6) is 5.75 Å². The van der Waals surface area contributed by atoms with Crippen molar-refractivity contribution in [2.24, 2.45) is 0 Å². The quantitative estimate of drug-likeness (QED) is 0.571. The third kappa shape index (κ3) is 4.28. The number of nitrogens with one attached hydrogen (secondary N) is 1. The summed E-state index contributed by atoms with van der Waals surface area (Å²) in [6.45, 7) is 5.12. The minimum Gasteiger partial charge on any atom is -0.508 e. The van der Waals surface area contributed by atoms with E-state index in [4.69, 9.17) is 14.6 Å². The summed E-state index contributed by atoms with van der Waals surface area (Å²) in [6, 6.07) is 5.09. The van der Waals surface area contributed by atoms with Gasteiger partial charge in [0.05, 0.1) is 0 Å². The molecule has 0 fully saturated rings. The van der Waals surface area contributed by atoms with Crippen molar-refractivity contribution in [3.05, 3.63) is 29.3 Å². The molecule has 0 spiro atoms. The van der Waals surface area contributed by atoms with Crippen LogP contribution in [0.4, 0.5) is 9.59 Å². The summed E-state index contributed by atoms with van der Waals surface area (Å²) in [6.07, 6.45) is -1.50. The number of aryl methyl sites for hydroxylation is 1. The van der Waals surface area contributed by atoms with Crippen molar-refractivity contribution in [3.8, 4) is 5.75 Å². The van der Waals surface area contributed by atoms with Crippen molar-refractivity contribution in [2.75, 3.05) is 0 Å². The lowest BCUT2D eigenvalue weighted by atomic mass is 9.85. The van der Waals surface area contributed by atoms with Gasteiger partial charge in [-0.3, -0.25) is 5.32 Å². The van der Waals surface area contributed by atoms with E-state index in [1.807, 2.05) is 6.07 Å². The maximum absolute atomic E-state index is 12.0. The minimum absolute atomic E-state index is 0.0422. The second kappa shape index (κ2) is 5.98. The van der Waals surface area contributed by atoms with Gasteiger partial charge < -0.3 is 19.7 Å². The Kier molecular flexibility index (Phi) is 4.40. The van der Waals surface area contributed by atoms with Gasteiger partial charge in [0.2, 0.25) is 0 Å². The van der Waals surface area contributed by atoms with Gasteiger partial charge in [-0.2, -0.15) is 0 Å². The second-order valence-corrected chi connectivity index (χ2v) is 6.58. The van der Waals surface area contributed by atoms with Gasteiger partial charge in [0.15, 0.2) is 5.72 Å². The van der Waals surface area contributed by atoms with Crippen LogP contribution in [0.25, 0.3) is 0 Å². The van der Waals surface area contributed by atoms with E-state index in [1.165, 1.54) is 6.07 Å². The molecule has 2 rings (SSSR count). The lowest BCUT2D eigenvalue weighted by Gasteiger charge is -2.37. The summed E-state index contributed by atoms with van der Waals surface area (Å²) in [5.41, 5.74) is -0.708. The summed E-state index contributed by atoms with van der Waals surface area (Å²) in [7, 11) is 0. The normalized spacial score (nSPS) is 20.3. The van der Waals surface area contributed by atoms with E-state index in [9.17, 15) is 14.7 Å². The van der Waals surface area contributed by atoms with Crippen LogP contribution in [0, 0.1) is 0 Å². The van der Waals surface area contributed by atoms with Crippen LogP contribution in [0.1, 0.15) is 38.3 Å². The number of hydrogen-bond donors (Lipinski definition) is 3. The summed E-state index contributed by atoms with van der Waals surface area (Å²) in [4.78, 5) is 23.1. The summed E-state index contributed by atoms with van der Waals surface area (Å²) in [5, 5.41) is 21.5. The molecule has 0 bridgehead atoms. The largest absolute Gasteiger partial charge is 0.508 e. The Labute approximate surface area is 134 Å². The Morgan fingerprint density at radius 1 is 1.30 bits per heavy atom. The lowest BCUT2D eigenvalue weighted by Crippen LogP contribution is -2.56. The molecule has 0 aliphatic heterocycles. The number of ether oxygens (including phenoxy) is 2. The fourth-order valence-electron chi connectivity index (χ4n) is 2.65. The van der Waals surface area contributed by atoms with Gasteiger partial charge in [-0.1, -0.05) is 12.1 Å². The first-order valence-electron chi connectivity index (χ1n) is 7.33. The zero-order chi connectivity index (χ0) is 17.3. The number of amides is 1. The maximum atomic E-state index is 12.0. The molecule has 0 saturated heterocycles. The predicted octanol–water partition coefficient (Wildman–Crippen LogP) is 2.80. The fourth-order valence-corrected chi connectivity index (χ4v) is 2.65. The molecule has 0 saturated carbocycles. The van der Waals surface area contributed by atoms with Gasteiger partial charge >= 0.3 is 12.2 Å². The van der Waals surface area contributed by atoms with Crippen LogP contribution in [-0.2, 0) is 22.3 Å². The third-order valence-electron chi connectivity index (χ3n) is 3.52. The van der Waals surface area contributed by atoms with Crippen LogP contribution in [0.3, 0.4) is 0 Å². The molecular formula is C16H21NO6. The Morgan fingerprint density at radius 3 is 2.61 bits per heavy atom. The molecule has 126 valence electrons. The average molecular weight is 323 g/mol. The van der Waals surface area contributed by atoms with Gasteiger partial charge in [-0.25, -0.2) is 9.59 Å². The summed E-state index contributed by atoms with van der Waals surface area (Å²) >= 11 is 0. The molecule has 1 aromatic rings. The zero-order valence-electron chi connectivity index (χ0n) is 13.4. The van der Waals surface area contributed by atoms with Crippen molar-refractivity contribution >= 4 is 12.2 Å². The zero-order valence-corrected chi connectivity index (χ0v) is 13.4. The molecule has 1 aromatic carbocycles. The second-order valence-electron chi connectivity index (χ2n) is 6.58. The smallest absolute Gasteiger partial charge is 0.507 e. The standard InChI is InChI=1S/C16H21NO6/c1-15(2,3)22-13(19)17-16(23-14(20)21)8-7-10-5-4-6-12(18)11(10)9-16/h4-6,18H,7-9H2,1-3H3,(H,17,19)(H,20,21)/t16-/m1/s1. The molecule has 1 aliphatic rings. The van der Waals surface area contributed by atoms with E-state index >= 15 is 0 Å². The first-order chi connectivity index (χ1) is 10.6. The van der Waals surface area contributed by atoms with E-state index in [1.54, 1.807) is 26.8 Å². The van der Waals surface area contributed by atoms with Crippen LogP contribution >= 0.6 is 0 Å². The molecule has 3 N–H and O–H groups in total. The number of phenolic OH excluding ortho intramolecular Hbond substituents is 1. The number of hydrogen-bond acceptors (Lipinski definition) is 5. The van der Waals surface area contributed by atoms with Crippen molar-refractivity contribution in [1.29, 1.82) is 0 Å². The monoisotopic (exact) mass is 323 g/mol. The van der Waals surface area contributed by atoms with Gasteiger partial charge in [0.1, 0.15) is 11.4 Å². The van der Waals surface area contributed by atoms with E-state index in [0.29, 0.717) is 12.0 Å². The highest BCUT2D eigenvalue weighted by atomic mass is 16.7. The summed E-state index contributed by atoms with van der Waals surface area (Å²) in [5.74, 6) is 0.0477. The first kappa shape index (κ1) is 16.9. The van der Waals surface area contributed by atoms with Crippen LogP contribution < -0.4 is 5.32 Å². The number of carbonyl (C=O) groups is 2. The molecule has 7 heteroatoms. The van der Waals surface area contributed by atoms with Gasteiger partial charge in [-0.15, -0.1) is 0 Å². The number of aromatic hydroxyl groups is 1. The van der Waals surface area contributed by atoms with Crippen molar-refractivity contribution in [1.82, 2.24) is 5.32 Å². The van der Waals surface area contributed by atoms with E-state index in [0.717, 1.165) is 5.56 Å². The Hall–Kier alpha value is -2.44. The minimum atomic E-state index is -1.50. The third-order valence-corrected chi connectivity index (χ3v) is 3.52. The fraction of sp³-hybridized carbons (Fsp3) is 0.500. The van der Waals surface area contributed by atoms with Crippen molar-refractivity contribution < 1.29 is 29.3 Å². The molecule has 1 amide bonds. The molecule has 0 aromatic heterocycles. The molecule has 0 radical (unpaired) electrons. The van der Waals surface area contributed by atoms with Crippen LogP contribution in [-0.4, -0.2) is 33.8 Å². The molecule has 1 aliphatic carbocycles. The number of rotatable bonds is 2. The highest BCUT2D eigenvalue weighted by molar-refractivity contribution is 5.69. The average Bonchev–Trinajstić information content (AvgIpc) is 2.36. The van der Waals surface area contributed by atoms with Gasteiger partial charge in [-0.05, 0) is 38.8 Å². The highest BCUT2D eigenvalue weighted by Crippen LogP contribution is 2.35. The van der Waals surface area contributed by atoms with Crippen molar-refractivity contribution in [3.63, 3.8) is 0 Å².